The molecule has 144 valence electrons. The predicted molar refractivity (Wildman–Crippen MR) is 96.0 cm³/mol. The van der Waals surface area contributed by atoms with Crippen LogP contribution in [0.3, 0.4) is 0 Å². The zero-order valence-electron chi connectivity index (χ0n) is 15.7. The van der Waals surface area contributed by atoms with Crippen LogP contribution in [0.2, 0.25) is 0 Å². The third kappa shape index (κ3) is 2.90. The molecule has 1 spiro atoms. The molecule has 5 nitrogen and oxygen atoms in total. The average molecular weight is 362 g/mol. The van der Waals surface area contributed by atoms with Crippen LogP contribution < -0.4 is 0 Å². The maximum atomic E-state index is 9.58. The Balaban J connectivity index is 1.68. The van der Waals surface area contributed by atoms with Crippen molar-refractivity contribution in [2.45, 2.75) is 63.1 Å². The maximum absolute atomic E-state index is 9.58. The van der Waals surface area contributed by atoms with Crippen LogP contribution in [-0.2, 0) is 25.7 Å². The van der Waals surface area contributed by atoms with Crippen molar-refractivity contribution in [3.8, 4) is 0 Å². The Morgan fingerprint density at radius 3 is 2.69 bits per heavy atom. The molecule has 1 N–H and O–H groups in total. The topological polar surface area (TPSA) is 57.2 Å². The van der Waals surface area contributed by atoms with Crippen molar-refractivity contribution >= 4 is 0 Å². The summed E-state index contributed by atoms with van der Waals surface area (Å²) in [6, 6.07) is 10.5. The van der Waals surface area contributed by atoms with Gasteiger partial charge in [-0.25, -0.2) is 9.78 Å². The summed E-state index contributed by atoms with van der Waals surface area (Å²) in [6.07, 6.45) is 5.31. The second-order valence-corrected chi connectivity index (χ2v) is 8.18. The van der Waals surface area contributed by atoms with E-state index >= 15 is 0 Å². The van der Waals surface area contributed by atoms with E-state index < -0.39 is 17.7 Å². The third-order valence-corrected chi connectivity index (χ3v) is 6.77. The highest BCUT2D eigenvalue weighted by atomic mass is 17.3. The first-order valence-electron chi connectivity index (χ1n) is 9.84. The van der Waals surface area contributed by atoms with Gasteiger partial charge in [0.1, 0.15) is 0 Å². The Bertz CT molecular complexity index is 606. The number of aliphatic hydroxyl groups excluding tert-OH is 1. The van der Waals surface area contributed by atoms with Crippen LogP contribution in [0.5, 0.6) is 0 Å². The SMILES string of the molecule is CO[C@H]1O[C@@]2(C)OO[C@]13[C@H](CCO)CCC[C@@H]3CC2Cc1ccccc1. The number of hydrogen-bond donors (Lipinski definition) is 1. The van der Waals surface area contributed by atoms with Crippen molar-refractivity contribution in [2.24, 2.45) is 17.8 Å². The van der Waals surface area contributed by atoms with Crippen LogP contribution in [0.15, 0.2) is 30.3 Å². The molecule has 4 fully saturated rings. The van der Waals surface area contributed by atoms with Crippen LogP contribution >= 0.6 is 0 Å². The van der Waals surface area contributed by atoms with Crippen LogP contribution in [0, 0.1) is 17.8 Å². The lowest BCUT2D eigenvalue weighted by atomic mass is 9.64. The van der Waals surface area contributed by atoms with E-state index in [1.54, 1.807) is 7.11 Å². The van der Waals surface area contributed by atoms with Crippen molar-refractivity contribution in [1.29, 1.82) is 0 Å². The van der Waals surface area contributed by atoms with Gasteiger partial charge in [0.15, 0.2) is 11.9 Å². The van der Waals surface area contributed by atoms with Crippen molar-refractivity contribution in [3.05, 3.63) is 35.9 Å². The molecule has 2 bridgehead atoms. The second kappa shape index (κ2) is 7.21. The highest BCUT2D eigenvalue weighted by Crippen LogP contribution is 2.57. The van der Waals surface area contributed by atoms with Crippen molar-refractivity contribution in [3.63, 3.8) is 0 Å². The van der Waals surface area contributed by atoms with Gasteiger partial charge in [-0.1, -0.05) is 36.8 Å². The lowest BCUT2D eigenvalue weighted by molar-refractivity contribution is -0.560. The summed E-state index contributed by atoms with van der Waals surface area (Å²) in [5.41, 5.74) is 0.655. The van der Waals surface area contributed by atoms with Gasteiger partial charge < -0.3 is 14.6 Å². The second-order valence-electron chi connectivity index (χ2n) is 8.18. The molecule has 26 heavy (non-hydrogen) atoms. The van der Waals surface area contributed by atoms with E-state index in [0.717, 1.165) is 32.1 Å². The standard InChI is InChI=1S/C21H30O5/c1-20-18(13-15-7-4-3-5-8-15)14-17-10-6-9-16(11-12-22)21(17,26-25-20)19(23-2)24-20/h3-5,7-8,16-19,22H,6,9-14H2,1-2H3/t16-,17+,18?,19-,20-,21-/m0/s1. The summed E-state index contributed by atoms with van der Waals surface area (Å²) >= 11 is 0. The van der Waals surface area contributed by atoms with Gasteiger partial charge in [-0.15, -0.1) is 0 Å². The largest absolute Gasteiger partial charge is 0.396 e. The van der Waals surface area contributed by atoms with Gasteiger partial charge in [0.05, 0.1) is 0 Å². The van der Waals surface area contributed by atoms with E-state index in [1.165, 1.54) is 5.56 Å². The van der Waals surface area contributed by atoms with E-state index in [1.807, 2.05) is 13.0 Å². The molecular weight excluding hydrogens is 332 g/mol. The van der Waals surface area contributed by atoms with Gasteiger partial charge in [0, 0.05) is 19.6 Å². The van der Waals surface area contributed by atoms with E-state index in [9.17, 15) is 5.11 Å². The van der Waals surface area contributed by atoms with E-state index in [4.69, 9.17) is 19.2 Å². The molecule has 1 aliphatic carbocycles. The normalized spacial score (nSPS) is 42.3. The summed E-state index contributed by atoms with van der Waals surface area (Å²) < 4.78 is 12.2. The quantitative estimate of drug-likeness (QED) is 0.813. The summed E-state index contributed by atoms with van der Waals surface area (Å²) in [4.78, 5) is 12.1. The number of hydrogen-bond acceptors (Lipinski definition) is 5. The smallest absolute Gasteiger partial charge is 0.204 e. The monoisotopic (exact) mass is 362 g/mol. The highest BCUT2D eigenvalue weighted by Gasteiger charge is 2.65. The molecule has 5 rings (SSSR count). The zero-order valence-corrected chi connectivity index (χ0v) is 15.7. The summed E-state index contributed by atoms with van der Waals surface area (Å²) in [5.74, 6) is -0.167. The number of benzene rings is 1. The highest BCUT2D eigenvalue weighted by molar-refractivity contribution is 5.17. The molecule has 3 aliphatic heterocycles. The molecular formula is C21H30O5. The van der Waals surface area contributed by atoms with E-state index in [0.29, 0.717) is 12.3 Å². The molecule has 6 atom stereocenters. The Morgan fingerprint density at radius 2 is 1.96 bits per heavy atom. The molecule has 3 heterocycles. The lowest BCUT2D eigenvalue weighted by Crippen LogP contribution is -2.63. The lowest BCUT2D eigenvalue weighted by Gasteiger charge is -2.53. The molecule has 0 aromatic heterocycles. The minimum Gasteiger partial charge on any atom is -0.396 e. The third-order valence-electron chi connectivity index (χ3n) is 6.77. The summed E-state index contributed by atoms with van der Waals surface area (Å²) in [6.45, 7) is 2.11. The van der Waals surface area contributed by atoms with Crippen LogP contribution in [-0.4, -0.2) is 36.5 Å². The molecule has 0 amide bonds. The summed E-state index contributed by atoms with van der Waals surface area (Å²) in [7, 11) is 1.68. The van der Waals surface area contributed by atoms with Gasteiger partial charge in [-0.2, -0.15) is 0 Å². The fourth-order valence-corrected chi connectivity index (χ4v) is 5.38. The molecule has 3 saturated heterocycles. The Hall–Kier alpha value is -0.980. The van der Waals surface area contributed by atoms with Crippen LogP contribution in [0.25, 0.3) is 0 Å². The number of aliphatic hydroxyl groups is 1. The van der Waals surface area contributed by atoms with Crippen LogP contribution in [0.4, 0.5) is 0 Å². The molecule has 4 aliphatic rings. The Kier molecular flexibility index (Phi) is 5.10. The molecule has 5 heteroatoms. The minimum atomic E-state index is -0.830. The number of fused-ring (bicyclic) bond motifs is 3. The maximum Gasteiger partial charge on any atom is 0.204 e. The molecule has 0 radical (unpaired) electrons. The predicted octanol–water partition coefficient (Wildman–Crippen LogP) is 3.45. The fraction of sp³-hybridized carbons (Fsp3) is 0.714. The van der Waals surface area contributed by atoms with Crippen molar-refractivity contribution in [2.75, 3.05) is 13.7 Å². The number of ether oxygens (including phenoxy) is 2. The number of methoxy groups -OCH3 is 1. The van der Waals surface area contributed by atoms with Gasteiger partial charge in [0.25, 0.3) is 0 Å². The summed E-state index contributed by atoms with van der Waals surface area (Å²) in [5, 5.41) is 9.58. The molecule has 1 saturated carbocycles. The van der Waals surface area contributed by atoms with Gasteiger partial charge in [0.2, 0.25) is 5.79 Å². The van der Waals surface area contributed by atoms with Crippen molar-refractivity contribution in [1.82, 2.24) is 0 Å². The first-order chi connectivity index (χ1) is 12.6. The Labute approximate surface area is 155 Å². The fourth-order valence-electron chi connectivity index (χ4n) is 5.38. The van der Waals surface area contributed by atoms with Crippen molar-refractivity contribution < 1.29 is 24.4 Å². The van der Waals surface area contributed by atoms with Gasteiger partial charge in [-0.3, -0.25) is 0 Å². The van der Waals surface area contributed by atoms with E-state index in [-0.39, 0.29) is 18.4 Å². The van der Waals surface area contributed by atoms with E-state index in [2.05, 4.69) is 24.3 Å². The zero-order chi connectivity index (χ0) is 18.2. The minimum absolute atomic E-state index is 0.143. The first kappa shape index (κ1) is 18.4. The number of rotatable bonds is 5. The molecule has 1 aromatic rings. The van der Waals surface area contributed by atoms with Gasteiger partial charge in [-0.05, 0) is 56.4 Å². The van der Waals surface area contributed by atoms with Gasteiger partial charge >= 0.3 is 0 Å². The Morgan fingerprint density at radius 1 is 1.15 bits per heavy atom. The van der Waals surface area contributed by atoms with Crippen LogP contribution in [0.1, 0.15) is 44.6 Å². The molecule has 1 aromatic carbocycles. The first-order valence-corrected chi connectivity index (χ1v) is 9.84. The molecule has 1 unspecified atom stereocenters. The average Bonchev–Trinajstić information content (AvgIpc) is 2.84.